The lowest BCUT2D eigenvalue weighted by molar-refractivity contribution is 0.113. The average molecular weight is 391 g/mol. The first-order valence-corrected chi connectivity index (χ1v) is 9.49. The van der Waals surface area contributed by atoms with E-state index in [9.17, 15) is 9.59 Å². The summed E-state index contributed by atoms with van der Waals surface area (Å²) in [6.07, 6.45) is 1.99. The van der Waals surface area contributed by atoms with E-state index >= 15 is 0 Å². The first-order chi connectivity index (χ1) is 13.9. The van der Waals surface area contributed by atoms with Crippen molar-refractivity contribution in [3.05, 3.63) is 86.7 Å². The van der Waals surface area contributed by atoms with Gasteiger partial charge >= 0.3 is 11.4 Å². The van der Waals surface area contributed by atoms with Gasteiger partial charge in [0.15, 0.2) is 0 Å². The number of rotatable bonds is 2. The Hall–Kier alpha value is -3.48. The summed E-state index contributed by atoms with van der Waals surface area (Å²) in [5.41, 5.74) is 0.965. The molecule has 0 aliphatic carbocycles. The summed E-state index contributed by atoms with van der Waals surface area (Å²) in [5.74, 6) is 1.35. The Balaban J connectivity index is 1.81. The van der Waals surface area contributed by atoms with Gasteiger partial charge in [-0.05, 0) is 49.8 Å². The topological polar surface area (TPSA) is 67.4 Å². The van der Waals surface area contributed by atoms with Crippen molar-refractivity contribution in [1.29, 1.82) is 0 Å². The smallest absolute Gasteiger partial charge is 0.352 e. The van der Waals surface area contributed by atoms with Gasteiger partial charge in [-0.15, -0.1) is 0 Å². The van der Waals surface area contributed by atoms with Gasteiger partial charge in [0.1, 0.15) is 23.1 Å². The number of hydrogen-bond acceptors (Lipinski definition) is 4. The summed E-state index contributed by atoms with van der Waals surface area (Å²) < 4.78 is 15.9. The Morgan fingerprint density at radius 2 is 1.83 bits per heavy atom. The minimum Gasteiger partial charge on any atom is -0.497 e. The van der Waals surface area contributed by atoms with Crippen LogP contribution < -0.4 is 20.9 Å². The molecule has 5 rings (SSSR count). The van der Waals surface area contributed by atoms with Crippen LogP contribution in [0.2, 0.25) is 0 Å². The first kappa shape index (κ1) is 17.6. The van der Waals surface area contributed by atoms with Crippen LogP contribution in [0.4, 0.5) is 0 Å². The number of ether oxygens (including phenoxy) is 2. The number of hydrogen-bond donors (Lipinski definition) is 0. The molecule has 2 aliphatic rings. The van der Waals surface area contributed by atoms with Crippen LogP contribution in [0, 0.1) is 0 Å². The van der Waals surface area contributed by atoms with Crippen LogP contribution in [-0.2, 0) is 6.54 Å². The molecule has 0 amide bonds. The zero-order chi connectivity index (χ0) is 20.3. The second kappa shape index (κ2) is 6.01. The number of methoxy groups -OCH3 is 1. The highest BCUT2D eigenvalue weighted by Gasteiger charge is 2.43. The van der Waals surface area contributed by atoms with E-state index in [4.69, 9.17) is 9.47 Å². The van der Waals surface area contributed by atoms with E-state index in [1.54, 1.807) is 23.9 Å². The van der Waals surface area contributed by atoms with Crippen LogP contribution in [0.15, 0.2) is 69.8 Å². The molecule has 0 saturated carbocycles. The van der Waals surface area contributed by atoms with Crippen LogP contribution in [0.3, 0.4) is 0 Å². The van der Waals surface area contributed by atoms with Crippen LogP contribution >= 0.6 is 0 Å². The number of nitrogens with zero attached hydrogens (tertiary/aromatic N) is 3. The molecule has 29 heavy (non-hydrogen) atoms. The maximum absolute atomic E-state index is 13.5. The molecule has 2 aromatic carbocycles. The van der Waals surface area contributed by atoms with E-state index in [0.29, 0.717) is 23.7 Å². The molecule has 7 heteroatoms. The normalized spacial score (nSPS) is 18.7. The molecule has 1 unspecified atom stereocenters. The minimum absolute atomic E-state index is 0.311. The molecule has 148 valence electrons. The summed E-state index contributed by atoms with van der Waals surface area (Å²) in [5, 5.41) is 0. The van der Waals surface area contributed by atoms with Crippen LogP contribution in [0.5, 0.6) is 11.5 Å². The second-order valence-electron chi connectivity index (χ2n) is 7.74. The molecule has 2 aliphatic heterocycles. The highest BCUT2D eigenvalue weighted by atomic mass is 16.5. The molecule has 0 spiro atoms. The molecular formula is C22H21N3O4. The highest BCUT2D eigenvalue weighted by molar-refractivity contribution is 5.51. The SMILES string of the molecule is COc1ccc2c(c1)C1C(=CCn3c(=O)n(-c4ccccc4)c(=O)n31)C(C)(C)O2. The highest BCUT2D eigenvalue weighted by Crippen LogP contribution is 2.47. The van der Waals surface area contributed by atoms with Gasteiger partial charge in [-0.25, -0.2) is 23.5 Å². The first-order valence-electron chi connectivity index (χ1n) is 9.49. The summed E-state index contributed by atoms with van der Waals surface area (Å²) in [6, 6.07) is 14.1. The number of aromatic nitrogens is 3. The molecule has 3 heterocycles. The lowest BCUT2D eigenvalue weighted by atomic mass is 9.83. The maximum Gasteiger partial charge on any atom is 0.352 e. The quantitative estimate of drug-likeness (QED) is 0.630. The number of fused-ring (bicyclic) bond motifs is 5. The zero-order valence-corrected chi connectivity index (χ0v) is 16.5. The number of para-hydroxylation sites is 1. The van der Waals surface area contributed by atoms with Gasteiger partial charge in [-0.2, -0.15) is 0 Å². The summed E-state index contributed by atoms with van der Waals surface area (Å²) in [4.78, 5) is 26.6. The molecule has 0 saturated heterocycles. The van der Waals surface area contributed by atoms with E-state index in [-0.39, 0.29) is 11.4 Å². The maximum atomic E-state index is 13.5. The van der Waals surface area contributed by atoms with Crippen molar-refractivity contribution in [3.8, 4) is 17.2 Å². The Kier molecular flexibility index (Phi) is 3.65. The van der Waals surface area contributed by atoms with Crippen molar-refractivity contribution >= 4 is 0 Å². The summed E-state index contributed by atoms with van der Waals surface area (Å²) in [7, 11) is 1.60. The van der Waals surface area contributed by atoms with Crippen molar-refractivity contribution in [2.45, 2.75) is 32.0 Å². The lowest BCUT2D eigenvalue weighted by Crippen LogP contribution is -2.46. The summed E-state index contributed by atoms with van der Waals surface area (Å²) >= 11 is 0. The van der Waals surface area contributed by atoms with Crippen molar-refractivity contribution in [1.82, 2.24) is 13.9 Å². The molecule has 1 aromatic heterocycles. The minimum atomic E-state index is -0.609. The fourth-order valence-electron chi connectivity index (χ4n) is 4.31. The third-order valence-corrected chi connectivity index (χ3v) is 5.67. The molecular weight excluding hydrogens is 370 g/mol. The van der Waals surface area contributed by atoms with Gasteiger partial charge in [0.2, 0.25) is 0 Å². The van der Waals surface area contributed by atoms with Gasteiger partial charge in [0.25, 0.3) is 0 Å². The molecule has 0 bridgehead atoms. The third kappa shape index (κ3) is 2.43. The van der Waals surface area contributed by atoms with Crippen LogP contribution in [0.1, 0.15) is 25.5 Å². The average Bonchev–Trinajstić information content (AvgIpc) is 2.98. The van der Waals surface area contributed by atoms with Crippen molar-refractivity contribution in [3.63, 3.8) is 0 Å². The van der Waals surface area contributed by atoms with Crippen LogP contribution in [-0.4, -0.2) is 26.6 Å². The van der Waals surface area contributed by atoms with Gasteiger partial charge in [-0.1, -0.05) is 24.3 Å². The number of benzene rings is 2. The monoisotopic (exact) mass is 391 g/mol. The predicted molar refractivity (Wildman–Crippen MR) is 108 cm³/mol. The van der Waals surface area contributed by atoms with E-state index in [1.807, 2.05) is 56.3 Å². The Morgan fingerprint density at radius 1 is 1.07 bits per heavy atom. The predicted octanol–water partition coefficient (Wildman–Crippen LogP) is 2.51. The van der Waals surface area contributed by atoms with E-state index in [1.165, 1.54) is 9.25 Å². The number of allylic oxidation sites excluding steroid dienone is 1. The molecule has 0 fully saturated rings. The van der Waals surface area contributed by atoms with Gasteiger partial charge in [0.05, 0.1) is 19.3 Å². The standard InChI is InChI=1S/C22H21N3O4/c1-22(2)17-11-12-23-20(26)24(14-7-5-4-6-8-14)21(27)25(23)19(17)16-13-15(28-3)9-10-18(16)29-22/h4-11,13,19H,12H2,1-3H3. The largest absolute Gasteiger partial charge is 0.497 e. The zero-order valence-electron chi connectivity index (χ0n) is 16.5. The van der Waals surface area contributed by atoms with Crippen molar-refractivity contribution in [2.24, 2.45) is 0 Å². The lowest BCUT2D eigenvalue weighted by Gasteiger charge is -2.42. The molecule has 0 radical (unpaired) electrons. The van der Waals surface area contributed by atoms with Gasteiger partial charge in [0, 0.05) is 5.56 Å². The Labute approximate surface area is 167 Å². The van der Waals surface area contributed by atoms with Crippen LogP contribution in [0.25, 0.3) is 5.69 Å². The molecule has 7 nitrogen and oxygen atoms in total. The third-order valence-electron chi connectivity index (χ3n) is 5.67. The van der Waals surface area contributed by atoms with E-state index in [2.05, 4.69) is 0 Å². The fraction of sp³-hybridized carbons (Fsp3) is 0.273. The molecule has 1 atom stereocenters. The second-order valence-corrected chi connectivity index (χ2v) is 7.74. The van der Waals surface area contributed by atoms with Gasteiger partial charge in [-0.3, -0.25) is 0 Å². The molecule has 3 aromatic rings. The van der Waals surface area contributed by atoms with Gasteiger partial charge < -0.3 is 9.47 Å². The van der Waals surface area contributed by atoms with Crippen molar-refractivity contribution < 1.29 is 9.47 Å². The Bertz CT molecular complexity index is 1260. The van der Waals surface area contributed by atoms with Crippen molar-refractivity contribution in [2.75, 3.05) is 7.11 Å². The molecule has 0 N–H and O–H groups in total. The Morgan fingerprint density at radius 3 is 2.55 bits per heavy atom. The fourth-order valence-corrected chi connectivity index (χ4v) is 4.31. The van der Waals surface area contributed by atoms with E-state index < -0.39 is 11.6 Å². The summed E-state index contributed by atoms with van der Waals surface area (Å²) in [6.45, 7) is 4.27. The van der Waals surface area contributed by atoms with E-state index in [0.717, 1.165) is 11.1 Å².